The number of anilines is 3. The standard InChI is InChI=1S/C13H11ClF3N3/c1-7-10(4-5-12(18)19-7)20-11-3-2-8(14)6-9(11)13(15,16)17/h2-6,20H,1H3,(H2,18,19). The normalized spacial score (nSPS) is 11.4. The van der Waals surface area contributed by atoms with Crippen LogP contribution in [0.25, 0.3) is 0 Å². The molecule has 0 aliphatic rings. The molecule has 0 saturated carbocycles. The summed E-state index contributed by atoms with van der Waals surface area (Å²) in [6.45, 7) is 1.65. The molecular weight excluding hydrogens is 291 g/mol. The molecule has 2 rings (SSSR count). The number of nitrogens with two attached hydrogens (primary N) is 1. The van der Waals surface area contributed by atoms with Gasteiger partial charge in [-0.15, -0.1) is 0 Å². The van der Waals surface area contributed by atoms with Gasteiger partial charge in [0, 0.05) is 5.02 Å². The number of alkyl halides is 3. The molecule has 0 saturated heterocycles. The molecular formula is C13H11ClF3N3. The van der Waals surface area contributed by atoms with Crippen molar-refractivity contribution >= 4 is 28.8 Å². The summed E-state index contributed by atoms with van der Waals surface area (Å²) in [4.78, 5) is 3.99. The van der Waals surface area contributed by atoms with Crippen molar-refractivity contribution < 1.29 is 13.2 Å². The van der Waals surface area contributed by atoms with Crippen molar-refractivity contribution in [1.82, 2.24) is 4.98 Å². The summed E-state index contributed by atoms with van der Waals surface area (Å²) < 4.78 is 38.9. The molecule has 1 aromatic carbocycles. The lowest BCUT2D eigenvalue weighted by atomic mass is 10.1. The molecule has 0 radical (unpaired) electrons. The maximum Gasteiger partial charge on any atom is 0.418 e. The summed E-state index contributed by atoms with van der Waals surface area (Å²) in [5.74, 6) is 0.306. The van der Waals surface area contributed by atoms with Crippen LogP contribution in [0.1, 0.15) is 11.3 Å². The number of rotatable bonds is 2. The Balaban J connectivity index is 2.43. The SMILES string of the molecule is Cc1nc(N)ccc1Nc1ccc(Cl)cc1C(F)(F)F. The van der Waals surface area contributed by atoms with E-state index in [0.29, 0.717) is 17.2 Å². The first-order valence-corrected chi connectivity index (χ1v) is 6.02. The first-order chi connectivity index (χ1) is 9.27. The highest BCUT2D eigenvalue weighted by Crippen LogP contribution is 2.37. The third kappa shape index (κ3) is 3.14. The van der Waals surface area contributed by atoms with E-state index in [9.17, 15) is 13.2 Å². The molecule has 0 spiro atoms. The van der Waals surface area contributed by atoms with E-state index in [-0.39, 0.29) is 10.7 Å². The molecule has 2 aromatic rings. The van der Waals surface area contributed by atoms with Gasteiger partial charge in [-0.3, -0.25) is 0 Å². The zero-order valence-electron chi connectivity index (χ0n) is 10.4. The Hall–Kier alpha value is -1.95. The van der Waals surface area contributed by atoms with Crippen molar-refractivity contribution in [1.29, 1.82) is 0 Å². The van der Waals surface area contributed by atoms with Gasteiger partial charge in [0.15, 0.2) is 0 Å². The van der Waals surface area contributed by atoms with Gasteiger partial charge in [-0.25, -0.2) is 4.98 Å². The number of pyridine rings is 1. The van der Waals surface area contributed by atoms with Crippen LogP contribution in [0.2, 0.25) is 5.02 Å². The van der Waals surface area contributed by atoms with E-state index in [1.807, 2.05) is 0 Å². The minimum absolute atomic E-state index is 0.0232. The number of halogens is 4. The summed E-state index contributed by atoms with van der Waals surface area (Å²) in [5.41, 5.74) is 5.54. The van der Waals surface area contributed by atoms with Crippen molar-refractivity contribution in [3.63, 3.8) is 0 Å². The second-order valence-corrected chi connectivity index (χ2v) is 4.62. The second kappa shape index (κ2) is 5.20. The third-order valence-electron chi connectivity index (χ3n) is 2.66. The number of benzene rings is 1. The van der Waals surface area contributed by atoms with Gasteiger partial charge in [0.25, 0.3) is 0 Å². The summed E-state index contributed by atoms with van der Waals surface area (Å²) in [6.07, 6.45) is -4.50. The Morgan fingerprint density at radius 1 is 1.15 bits per heavy atom. The van der Waals surface area contributed by atoms with E-state index in [1.165, 1.54) is 18.2 Å². The molecule has 0 unspecified atom stereocenters. The molecule has 7 heteroatoms. The molecule has 106 valence electrons. The van der Waals surface area contributed by atoms with Gasteiger partial charge < -0.3 is 11.1 Å². The maximum absolute atomic E-state index is 13.0. The summed E-state index contributed by atoms with van der Waals surface area (Å²) in [7, 11) is 0. The molecule has 1 heterocycles. The molecule has 3 nitrogen and oxygen atoms in total. The minimum Gasteiger partial charge on any atom is -0.384 e. The first kappa shape index (κ1) is 14.5. The fourth-order valence-electron chi connectivity index (χ4n) is 1.72. The van der Waals surface area contributed by atoms with Crippen LogP contribution in [-0.4, -0.2) is 4.98 Å². The number of nitrogens with one attached hydrogen (secondary N) is 1. The van der Waals surface area contributed by atoms with Crippen LogP contribution in [0.4, 0.5) is 30.4 Å². The zero-order chi connectivity index (χ0) is 14.9. The average Bonchev–Trinajstić information content (AvgIpc) is 2.33. The molecule has 20 heavy (non-hydrogen) atoms. The van der Waals surface area contributed by atoms with E-state index in [2.05, 4.69) is 10.3 Å². The van der Waals surface area contributed by atoms with Crippen LogP contribution in [0.15, 0.2) is 30.3 Å². The van der Waals surface area contributed by atoms with Crippen LogP contribution in [-0.2, 0) is 6.18 Å². The van der Waals surface area contributed by atoms with Crippen molar-refractivity contribution in [2.45, 2.75) is 13.1 Å². The summed E-state index contributed by atoms with van der Waals surface area (Å²) in [5, 5.41) is 2.73. The number of nitrogens with zero attached hydrogens (tertiary/aromatic N) is 1. The summed E-state index contributed by atoms with van der Waals surface area (Å²) >= 11 is 5.62. The lowest BCUT2D eigenvalue weighted by molar-refractivity contribution is -0.136. The van der Waals surface area contributed by atoms with E-state index in [0.717, 1.165) is 6.07 Å². The Kier molecular flexibility index (Phi) is 3.76. The lowest BCUT2D eigenvalue weighted by Crippen LogP contribution is -2.09. The molecule has 0 atom stereocenters. The number of nitrogen functional groups attached to an aromatic ring is 1. The number of aryl methyl sites for hydroxylation is 1. The topological polar surface area (TPSA) is 50.9 Å². The fourth-order valence-corrected chi connectivity index (χ4v) is 1.89. The second-order valence-electron chi connectivity index (χ2n) is 4.18. The van der Waals surface area contributed by atoms with Crippen LogP contribution >= 0.6 is 11.6 Å². The Morgan fingerprint density at radius 3 is 2.40 bits per heavy atom. The van der Waals surface area contributed by atoms with E-state index >= 15 is 0 Å². The van der Waals surface area contributed by atoms with E-state index in [4.69, 9.17) is 17.3 Å². The first-order valence-electron chi connectivity index (χ1n) is 5.64. The van der Waals surface area contributed by atoms with Crippen molar-refractivity contribution in [3.8, 4) is 0 Å². The largest absolute Gasteiger partial charge is 0.418 e. The van der Waals surface area contributed by atoms with Crippen molar-refractivity contribution in [3.05, 3.63) is 46.6 Å². The van der Waals surface area contributed by atoms with E-state index < -0.39 is 11.7 Å². The van der Waals surface area contributed by atoms with Crippen molar-refractivity contribution in [2.24, 2.45) is 0 Å². The van der Waals surface area contributed by atoms with Gasteiger partial charge in [-0.05, 0) is 37.3 Å². The van der Waals surface area contributed by atoms with Gasteiger partial charge in [0.1, 0.15) is 5.82 Å². The maximum atomic E-state index is 13.0. The van der Waals surface area contributed by atoms with Gasteiger partial charge in [-0.2, -0.15) is 13.2 Å². The number of aromatic nitrogens is 1. The number of hydrogen-bond acceptors (Lipinski definition) is 3. The molecule has 3 N–H and O–H groups in total. The summed E-state index contributed by atoms with van der Waals surface area (Å²) in [6, 6.07) is 6.63. The molecule has 0 aliphatic carbocycles. The highest BCUT2D eigenvalue weighted by Gasteiger charge is 2.33. The van der Waals surface area contributed by atoms with Crippen molar-refractivity contribution in [2.75, 3.05) is 11.1 Å². The molecule has 0 aliphatic heterocycles. The zero-order valence-corrected chi connectivity index (χ0v) is 11.2. The fraction of sp³-hybridized carbons (Fsp3) is 0.154. The molecule has 0 fully saturated rings. The third-order valence-corrected chi connectivity index (χ3v) is 2.90. The Morgan fingerprint density at radius 2 is 1.80 bits per heavy atom. The highest BCUT2D eigenvalue weighted by molar-refractivity contribution is 6.30. The number of hydrogen-bond donors (Lipinski definition) is 2. The molecule has 0 amide bonds. The van der Waals surface area contributed by atoms with Gasteiger partial charge in [0.2, 0.25) is 0 Å². The quantitative estimate of drug-likeness (QED) is 0.865. The Bertz CT molecular complexity index is 641. The lowest BCUT2D eigenvalue weighted by Gasteiger charge is -2.16. The smallest absolute Gasteiger partial charge is 0.384 e. The average molecular weight is 302 g/mol. The minimum atomic E-state index is -4.50. The van der Waals surface area contributed by atoms with Gasteiger partial charge in [-0.1, -0.05) is 11.6 Å². The molecule has 0 bridgehead atoms. The Labute approximate surface area is 118 Å². The highest BCUT2D eigenvalue weighted by atomic mass is 35.5. The molecule has 1 aromatic heterocycles. The van der Waals surface area contributed by atoms with Crippen LogP contribution < -0.4 is 11.1 Å². The van der Waals surface area contributed by atoms with Crippen LogP contribution in [0.3, 0.4) is 0 Å². The van der Waals surface area contributed by atoms with E-state index in [1.54, 1.807) is 13.0 Å². The van der Waals surface area contributed by atoms with Crippen LogP contribution in [0, 0.1) is 6.92 Å². The monoisotopic (exact) mass is 301 g/mol. The van der Waals surface area contributed by atoms with Crippen LogP contribution in [0.5, 0.6) is 0 Å². The predicted octanol–water partition coefficient (Wildman–Crippen LogP) is 4.39. The predicted molar refractivity (Wildman–Crippen MR) is 73.1 cm³/mol. The van der Waals surface area contributed by atoms with Gasteiger partial charge in [0.05, 0.1) is 22.6 Å². The van der Waals surface area contributed by atoms with Gasteiger partial charge >= 0.3 is 6.18 Å².